The molecule has 1 saturated heterocycles. The Kier molecular flexibility index (Phi) is 2.52. The summed E-state index contributed by atoms with van der Waals surface area (Å²) < 4.78 is 1.19. The van der Waals surface area contributed by atoms with Crippen LogP contribution in [0.2, 0.25) is 0 Å². The van der Waals surface area contributed by atoms with Crippen LogP contribution in [0.25, 0.3) is 10.2 Å². The van der Waals surface area contributed by atoms with E-state index in [-0.39, 0.29) is 6.04 Å². The standard InChI is InChI=1S/C12H16N4S/c1-7-5-17-11-10(7)14-6-15-12(11)16-4-3-9(13)8(16)2/h5-6,8-9H,3-4,13H2,1-2H3. The van der Waals surface area contributed by atoms with Crippen molar-refractivity contribution in [2.75, 3.05) is 11.4 Å². The molecule has 3 rings (SSSR count). The molecule has 0 radical (unpaired) electrons. The van der Waals surface area contributed by atoms with E-state index in [9.17, 15) is 0 Å². The first-order chi connectivity index (χ1) is 8.18. The highest BCUT2D eigenvalue weighted by Gasteiger charge is 2.30. The maximum absolute atomic E-state index is 6.07. The molecule has 0 aromatic carbocycles. The third-order valence-corrected chi connectivity index (χ3v) is 4.68. The van der Waals surface area contributed by atoms with Crippen LogP contribution in [0.1, 0.15) is 18.9 Å². The molecule has 1 aliphatic heterocycles. The van der Waals surface area contributed by atoms with E-state index < -0.39 is 0 Å². The van der Waals surface area contributed by atoms with Crippen LogP contribution in [0.5, 0.6) is 0 Å². The van der Waals surface area contributed by atoms with Crippen LogP contribution in [0, 0.1) is 6.92 Å². The molecule has 0 saturated carbocycles. The Bertz CT molecular complexity index is 550. The quantitative estimate of drug-likeness (QED) is 0.837. The van der Waals surface area contributed by atoms with E-state index in [1.165, 1.54) is 10.3 Å². The van der Waals surface area contributed by atoms with Crippen LogP contribution < -0.4 is 10.6 Å². The lowest BCUT2D eigenvalue weighted by atomic mass is 10.2. The summed E-state index contributed by atoms with van der Waals surface area (Å²) in [7, 11) is 0. The summed E-state index contributed by atoms with van der Waals surface area (Å²) in [5, 5.41) is 2.14. The molecule has 2 aromatic rings. The summed E-state index contributed by atoms with van der Waals surface area (Å²) in [6.45, 7) is 5.26. The first-order valence-corrected chi connectivity index (χ1v) is 6.77. The number of aromatic nitrogens is 2. The average Bonchev–Trinajstić information content (AvgIpc) is 2.86. The summed E-state index contributed by atoms with van der Waals surface area (Å²) >= 11 is 1.72. The zero-order valence-electron chi connectivity index (χ0n) is 10.1. The molecule has 3 heterocycles. The zero-order chi connectivity index (χ0) is 12.0. The van der Waals surface area contributed by atoms with Gasteiger partial charge >= 0.3 is 0 Å². The van der Waals surface area contributed by atoms with Crippen molar-refractivity contribution in [3.63, 3.8) is 0 Å². The Hall–Kier alpha value is -1.20. The number of thiophene rings is 1. The summed E-state index contributed by atoms with van der Waals surface area (Å²) in [6.07, 6.45) is 2.70. The minimum Gasteiger partial charge on any atom is -0.351 e. The van der Waals surface area contributed by atoms with Crippen molar-refractivity contribution >= 4 is 27.4 Å². The molecule has 0 aliphatic carbocycles. The van der Waals surface area contributed by atoms with E-state index in [0.29, 0.717) is 6.04 Å². The second-order valence-corrected chi connectivity index (χ2v) is 5.56. The maximum atomic E-state index is 6.07. The third kappa shape index (κ3) is 1.61. The van der Waals surface area contributed by atoms with E-state index in [0.717, 1.165) is 24.3 Å². The molecule has 0 spiro atoms. The lowest BCUT2D eigenvalue weighted by molar-refractivity contribution is 0.622. The first kappa shape index (κ1) is 10.9. The van der Waals surface area contributed by atoms with Crippen LogP contribution in [0.4, 0.5) is 5.82 Å². The molecular formula is C12H16N4S. The molecule has 4 nitrogen and oxygen atoms in total. The van der Waals surface area contributed by atoms with Crippen molar-refractivity contribution in [1.82, 2.24) is 9.97 Å². The van der Waals surface area contributed by atoms with Gasteiger partial charge < -0.3 is 10.6 Å². The van der Waals surface area contributed by atoms with Gasteiger partial charge in [-0.3, -0.25) is 0 Å². The second-order valence-electron chi connectivity index (χ2n) is 4.68. The molecule has 2 unspecified atom stereocenters. The number of hydrogen-bond acceptors (Lipinski definition) is 5. The highest BCUT2D eigenvalue weighted by Crippen LogP contribution is 2.33. The first-order valence-electron chi connectivity index (χ1n) is 5.89. The smallest absolute Gasteiger partial charge is 0.150 e. The topological polar surface area (TPSA) is 55.0 Å². The predicted octanol–water partition coefficient (Wildman–Crippen LogP) is 1.93. The molecule has 1 fully saturated rings. The molecule has 5 heteroatoms. The van der Waals surface area contributed by atoms with Gasteiger partial charge in [-0.05, 0) is 31.2 Å². The fourth-order valence-corrected chi connectivity index (χ4v) is 3.43. The third-order valence-electron chi connectivity index (χ3n) is 3.60. The maximum Gasteiger partial charge on any atom is 0.150 e. The number of nitrogens with zero attached hydrogens (tertiary/aromatic N) is 3. The van der Waals surface area contributed by atoms with E-state index in [4.69, 9.17) is 5.73 Å². The summed E-state index contributed by atoms with van der Waals surface area (Å²) in [4.78, 5) is 11.1. The SMILES string of the molecule is Cc1csc2c(N3CCC(N)C3C)ncnc12. The number of rotatable bonds is 1. The highest BCUT2D eigenvalue weighted by atomic mass is 32.1. The van der Waals surface area contributed by atoms with Crippen LogP contribution in [0.3, 0.4) is 0 Å². The Labute approximate surface area is 104 Å². The molecule has 2 N–H and O–H groups in total. The normalized spacial score (nSPS) is 24.8. The van der Waals surface area contributed by atoms with Crippen molar-refractivity contribution in [2.45, 2.75) is 32.4 Å². The van der Waals surface area contributed by atoms with E-state index in [1.807, 2.05) is 0 Å². The Morgan fingerprint density at radius 2 is 2.29 bits per heavy atom. The monoisotopic (exact) mass is 248 g/mol. The Morgan fingerprint density at radius 1 is 1.47 bits per heavy atom. The summed E-state index contributed by atoms with van der Waals surface area (Å²) in [6, 6.07) is 0.608. The zero-order valence-corrected chi connectivity index (χ0v) is 10.9. The van der Waals surface area contributed by atoms with Crippen molar-refractivity contribution in [2.24, 2.45) is 5.73 Å². The summed E-state index contributed by atoms with van der Waals surface area (Å²) in [5.74, 6) is 1.05. The predicted molar refractivity (Wildman–Crippen MR) is 71.6 cm³/mol. The van der Waals surface area contributed by atoms with E-state index >= 15 is 0 Å². The van der Waals surface area contributed by atoms with Crippen LogP contribution >= 0.6 is 11.3 Å². The summed E-state index contributed by atoms with van der Waals surface area (Å²) in [5.41, 5.74) is 8.38. The minimum absolute atomic E-state index is 0.251. The van der Waals surface area contributed by atoms with Crippen molar-refractivity contribution in [1.29, 1.82) is 0 Å². The molecular weight excluding hydrogens is 232 g/mol. The molecule has 1 aliphatic rings. The largest absolute Gasteiger partial charge is 0.351 e. The van der Waals surface area contributed by atoms with E-state index in [1.54, 1.807) is 17.7 Å². The van der Waals surface area contributed by atoms with Gasteiger partial charge in [-0.2, -0.15) is 0 Å². The fraction of sp³-hybridized carbons (Fsp3) is 0.500. The van der Waals surface area contributed by atoms with Crippen LogP contribution in [-0.2, 0) is 0 Å². The van der Waals surface area contributed by atoms with Gasteiger partial charge in [-0.1, -0.05) is 0 Å². The molecule has 17 heavy (non-hydrogen) atoms. The minimum atomic E-state index is 0.251. The Balaban J connectivity index is 2.11. The van der Waals surface area contributed by atoms with E-state index in [2.05, 4.69) is 34.1 Å². The van der Waals surface area contributed by atoms with Gasteiger partial charge in [0.25, 0.3) is 0 Å². The van der Waals surface area contributed by atoms with Crippen molar-refractivity contribution in [3.05, 3.63) is 17.3 Å². The second kappa shape index (κ2) is 3.92. The van der Waals surface area contributed by atoms with Gasteiger partial charge in [0.2, 0.25) is 0 Å². The van der Waals surface area contributed by atoms with Gasteiger partial charge in [0.05, 0.1) is 10.2 Å². The molecule has 2 aromatic heterocycles. The van der Waals surface area contributed by atoms with Gasteiger partial charge in [0.15, 0.2) is 0 Å². The van der Waals surface area contributed by atoms with Crippen molar-refractivity contribution < 1.29 is 0 Å². The average molecular weight is 248 g/mol. The number of hydrogen-bond donors (Lipinski definition) is 1. The van der Waals surface area contributed by atoms with Gasteiger partial charge in [0.1, 0.15) is 12.1 Å². The van der Waals surface area contributed by atoms with Crippen LogP contribution in [0.15, 0.2) is 11.7 Å². The number of anilines is 1. The molecule has 2 atom stereocenters. The Morgan fingerprint density at radius 3 is 3.00 bits per heavy atom. The lowest BCUT2D eigenvalue weighted by Gasteiger charge is -2.24. The fourth-order valence-electron chi connectivity index (χ4n) is 2.42. The lowest BCUT2D eigenvalue weighted by Crippen LogP contribution is -2.37. The highest BCUT2D eigenvalue weighted by molar-refractivity contribution is 7.18. The van der Waals surface area contributed by atoms with Crippen molar-refractivity contribution in [3.8, 4) is 0 Å². The van der Waals surface area contributed by atoms with Gasteiger partial charge in [-0.15, -0.1) is 11.3 Å². The van der Waals surface area contributed by atoms with Gasteiger partial charge in [0, 0.05) is 18.6 Å². The number of nitrogens with two attached hydrogens (primary N) is 1. The molecule has 90 valence electrons. The number of fused-ring (bicyclic) bond motifs is 1. The molecule has 0 bridgehead atoms. The number of aryl methyl sites for hydroxylation is 1. The molecule has 0 amide bonds. The van der Waals surface area contributed by atoms with Gasteiger partial charge in [-0.25, -0.2) is 9.97 Å². The van der Waals surface area contributed by atoms with Crippen LogP contribution in [-0.4, -0.2) is 28.6 Å².